The number of aryl methyl sites for hydroxylation is 1. The van der Waals surface area contributed by atoms with E-state index in [-0.39, 0.29) is 34.9 Å². The summed E-state index contributed by atoms with van der Waals surface area (Å²) in [4.78, 5) is 25.0. The molecule has 9 heteroatoms. The molecule has 142 valence electrons. The van der Waals surface area contributed by atoms with Crippen LogP contribution in [0.1, 0.15) is 32.5 Å². The van der Waals surface area contributed by atoms with Crippen LogP contribution in [0.15, 0.2) is 24.3 Å². The van der Waals surface area contributed by atoms with Crippen LogP contribution in [0, 0.1) is 12.7 Å². The minimum atomic E-state index is -0.511. The van der Waals surface area contributed by atoms with Crippen LogP contribution in [-0.4, -0.2) is 31.4 Å². The normalized spacial score (nSPS) is 11.4. The van der Waals surface area contributed by atoms with Gasteiger partial charge in [0.2, 0.25) is 0 Å². The number of hydrogen-bond acceptors (Lipinski definition) is 4. The average molecular weight is 420 g/mol. The van der Waals surface area contributed by atoms with E-state index in [9.17, 15) is 14.0 Å². The van der Waals surface area contributed by atoms with Gasteiger partial charge in [-0.25, -0.2) is 4.39 Å². The van der Waals surface area contributed by atoms with Crippen molar-refractivity contribution in [2.24, 2.45) is 0 Å². The lowest BCUT2D eigenvalue weighted by molar-refractivity contribution is 0.0953. The van der Waals surface area contributed by atoms with Crippen LogP contribution in [0.3, 0.4) is 0 Å². The van der Waals surface area contributed by atoms with Gasteiger partial charge in [0.15, 0.2) is 0 Å². The number of amides is 2. The fraction of sp³-hybridized carbons (Fsp3) is 0.294. The van der Waals surface area contributed by atoms with Crippen molar-refractivity contribution in [2.45, 2.75) is 19.9 Å². The topological polar surface area (TPSA) is 70.2 Å². The highest BCUT2D eigenvalue weighted by molar-refractivity contribution is 7.18. The smallest absolute Gasteiger partial charge is 0.261 e. The molecule has 3 N–H and O–H groups in total. The van der Waals surface area contributed by atoms with Gasteiger partial charge in [0.1, 0.15) is 5.82 Å². The molecule has 0 saturated heterocycles. The number of rotatable bonds is 6. The number of nitrogens with one attached hydrogen (secondary N) is 3. The highest BCUT2D eigenvalue weighted by atomic mass is 35.5. The van der Waals surface area contributed by atoms with Gasteiger partial charge in [-0.2, -0.15) is 0 Å². The number of anilines is 1. The molecule has 1 unspecified atom stereocenters. The van der Waals surface area contributed by atoms with Crippen LogP contribution < -0.4 is 16.0 Å². The lowest BCUT2D eigenvalue weighted by Crippen LogP contribution is -2.37. The molecule has 5 nitrogen and oxygen atoms in total. The van der Waals surface area contributed by atoms with Crippen molar-refractivity contribution in [2.75, 3.05) is 18.9 Å². The maximum absolute atomic E-state index is 13.1. The largest absolute Gasteiger partial charge is 0.350 e. The summed E-state index contributed by atoms with van der Waals surface area (Å²) in [6.45, 7) is 4.26. The Balaban J connectivity index is 0.00000338. The average Bonchev–Trinajstić information content (AvgIpc) is 2.92. The quantitative estimate of drug-likeness (QED) is 0.665. The lowest BCUT2D eigenvalue weighted by atomic mass is 10.2. The second-order valence-electron chi connectivity index (χ2n) is 5.60. The Bertz CT molecular complexity index is 798. The van der Waals surface area contributed by atoms with E-state index in [1.807, 2.05) is 14.0 Å². The van der Waals surface area contributed by atoms with E-state index in [4.69, 9.17) is 11.6 Å². The van der Waals surface area contributed by atoms with Crippen molar-refractivity contribution in [1.82, 2.24) is 10.6 Å². The van der Waals surface area contributed by atoms with Gasteiger partial charge in [-0.15, -0.1) is 23.7 Å². The number of carbonyl (C=O) groups is 2. The van der Waals surface area contributed by atoms with Crippen molar-refractivity contribution < 1.29 is 14.0 Å². The van der Waals surface area contributed by atoms with Crippen LogP contribution in [0.2, 0.25) is 5.02 Å². The molecule has 0 radical (unpaired) electrons. The molecule has 2 amide bonds. The zero-order valence-corrected chi connectivity index (χ0v) is 16.9. The molecule has 1 atom stereocenters. The van der Waals surface area contributed by atoms with E-state index in [0.29, 0.717) is 16.4 Å². The molecular weight excluding hydrogens is 400 g/mol. The third-order valence-electron chi connectivity index (χ3n) is 3.60. The Morgan fingerprint density at radius 1 is 1.27 bits per heavy atom. The molecule has 0 spiro atoms. The second kappa shape index (κ2) is 9.87. The number of halogens is 3. The first-order valence-corrected chi connectivity index (χ1v) is 8.83. The molecule has 0 bridgehead atoms. The Morgan fingerprint density at radius 2 is 1.96 bits per heavy atom. The Kier molecular flexibility index (Phi) is 8.49. The van der Waals surface area contributed by atoms with E-state index < -0.39 is 11.7 Å². The molecule has 0 aliphatic carbocycles. The summed E-state index contributed by atoms with van der Waals surface area (Å²) in [5.41, 5.74) is 0.933. The first kappa shape index (κ1) is 22.4. The molecule has 1 aromatic heterocycles. The van der Waals surface area contributed by atoms with E-state index in [0.717, 1.165) is 11.6 Å². The minimum absolute atomic E-state index is 0. The number of hydrogen-bond donors (Lipinski definition) is 3. The van der Waals surface area contributed by atoms with E-state index >= 15 is 0 Å². The van der Waals surface area contributed by atoms with Crippen LogP contribution in [0.25, 0.3) is 0 Å². The summed E-state index contributed by atoms with van der Waals surface area (Å²) in [7, 11) is 1.82. The third kappa shape index (κ3) is 5.67. The summed E-state index contributed by atoms with van der Waals surface area (Å²) < 4.78 is 13.1. The van der Waals surface area contributed by atoms with Gasteiger partial charge in [0.05, 0.1) is 20.5 Å². The van der Waals surface area contributed by atoms with E-state index in [1.54, 1.807) is 13.0 Å². The van der Waals surface area contributed by atoms with Crippen LogP contribution in [0.5, 0.6) is 0 Å². The summed E-state index contributed by atoms with van der Waals surface area (Å²) in [6.07, 6.45) is 0. The van der Waals surface area contributed by atoms with Crippen LogP contribution in [0.4, 0.5) is 9.39 Å². The van der Waals surface area contributed by atoms with Gasteiger partial charge in [-0.05, 0) is 50.7 Å². The van der Waals surface area contributed by atoms with Crippen molar-refractivity contribution in [1.29, 1.82) is 0 Å². The fourth-order valence-electron chi connectivity index (χ4n) is 2.05. The van der Waals surface area contributed by atoms with Gasteiger partial charge in [0.25, 0.3) is 11.8 Å². The standard InChI is InChI=1S/C17H19ClFN3O2S.ClH/c1-9-6-14(25-15(9)17(24)21-8-10(2)20-3)22-16(23)12-5-4-11(19)7-13(12)18;/h4-7,10,20H,8H2,1-3H3,(H,21,24)(H,22,23);1H. The second-order valence-corrected chi connectivity index (χ2v) is 7.06. The SMILES string of the molecule is CNC(C)CNC(=O)c1sc(NC(=O)c2ccc(F)cc2Cl)cc1C.Cl. The molecule has 26 heavy (non-hydrogen) atoms. The highest BCUT2D eigenvalue weighted by Gasteiger charge is 2.17. The van der Waals surface area contributed by atoms with Crippen LogP contribution >= 0.6 is 35.3 Å². The first-order chi connectivity index (χ1) is 11.8. The molecular formula is C17H20Cl2FN3O2S. The summed E-state index contributed by atoms with van der Waals surface area (Å²) in [6, 6.07) is 5.45. The monoisotopic (exact) mass is 419 g/mol. The van der Waals surface area contributed by atoms with Gasteiger partial charge in [-0.3, -0.25) is 9.59 Å². The van der Waals surface area contributed by atoms with Crippen molar-refractivity contribution in [3.8, 4) is 0 Å². The van der Waals surface area contributed by atoms with Gasteiger partial charge >= 0.3 is 0 Å². The lowest BCUT2D eigenvalue weighted by Gasteiger charge is -2.10. The maximum Gasteiger partial charge on any atom is 0.261 e. The molecule has 2 aromatic rings. The zero-order valence-electron chi connectivity index (χ0n) is 14.5. The highest BCUT2D eigenvalue weighted by Crippen LogP contribution is 2.28. The molecule has 2 rings (SSSR count). The van der Waals surface area contributed by atoms with Gasteiger partial charge in [-0.1, -0.05) is 11.6 Å². The first-order valence-electron chi connectivity index (χ1n) is 7.64. The molecule has 0 aliphatic rings. The van der Waals surface area contributed by atoms with Crippen molar-refractivity contribution in [3.05, 3.63) is 51.1 Å². The summed E-state index contributed by atoms with van der Waals surface area (Å²) >= 11 is 7.07. The molecule has 1 heterocycles. The number of thiophene rings is 1. The third-order valence-corrected chi connectivity index (χ3v) is 5.06. The van der Waals surface area contributed by atoms with Gasteiger partial charge < -0.3 is 16.0 Å². The Hall–Kier alpha value is -1.67. The van der Waals surface area contributed by atoms with Crippen molar-refractivity contribution in [3.63, 3.8) is 0 Å². The zero-order chi connectivity index (χ0) is 18.6. The number of carbonyl (C=O) groups excluding carboxylic acids is 2. The Morgan fingerprint density at radius 3 is 2.58 bits per heavy atom. The summed E-state index contributed by atoms with van der Waals surface area (Å²) in [5.74, 6) is -1.16. The van der Waals surface area contributed by atoms with E-state index in [2.05, 4.69) is 16.0 Å². The predicted octanol–water partition coefficient (Wildman–Crippen LogP) is 3.86. The molecule has 1 aromatic carbocycles. The van der Waals surface area contributed by atoms with Crippen LogP contribution in [-0.2, 0) is 0 Å². The molecule has 0 saturated carbocycles. The molecule has 0 fully saturated rings. The predicted molar refractivity (Wildman–Crippen MR) is 107 cm³/mol. The number of benzene rings is 1. The van der Waals surface area contributed by atoms with Crippen molar-refractivity contribution >= 4 is 52.2 Å². The van der Waals surface area contributed by atoms with E-state index in [1.165, 1.54) is 23.5 Å². The maximum atomic E-state index is 13.1. The molecule has 0 aliphatic heterocycles. The Labute approximate surface area is 166 Å². The fourth-order valence-corrected chi connectivity index (χ4v) is 3.29. The van der Waals surface area contributed by atoms with Gasteiger partial charge in [0, 0.05) is 12.6 Å². The number of likely N-dealkylation sites (N-methyl/N-ethyl adjacent to an activating group) is 1. The summed E-state index contributed by atoms with van der Waals surface area (Å²) in [5, 5.41) is 9.12. The minimum Gasteiger partial charge on any atom is -0.350 e.